The van der Waals surface area contributed by atoms with Gasteiger partial charge in [-0.05, 0) is 29.8 Å². The van der Waals surface area contributed by atoms with E-state index in [1.165, 1.54) is 7.11 Å². The van der Waals surface area contributed by atoms with E-state index in [0.29, 0.717) is 11.3 Å². The molecule has 1 unspecified atom stereocenters. The van der Waals surface area contributed by atoms with Crippen molar-refractivity contribution in [3.63, 3.8) is 0 Å². The predicted octanol–water partition coefficient (Wildman–Crippen LogP) is 4.15. The maximum Gasteiger partial charge on any atom is 0.194 e. The first-order valence-corrected chi connectivity index (χ1v) is 6.87. The van der Waals surface area contributed by atoms with Crippen LogP contribution in [-0.2, 0) is 6.42 Å². The summed E-state index contributed by atoms with van der Waals surface area (Å²) in [5.74, 6) is -3.74. The minimum absolute atomic E-state index is 0.00457. The second-order valence-electron chi connectivity index (χ2n) is 4.44. The molecule has 0 heterocycles. The van der Waals surface area contributed by atoms with Crippen LogP contribution in [0, 0.1) is 17.5 Å². The van der Waals surface area contributed by atoms with E-state index >= 15 is 0 Å². The first kappa shape index (κ1) is 15.9. The lowest BCUT2D eigenvalue weighted by Crippen LogP contribution is -2.08. The van der Waals surface area contributed by atoms with E-state index < -0.39 is 23.6 Å². The third-order valence-electron chi connectivity index (χ3n) is 3.08. The molecule has 21 heavy (non-hydrogen) atoms. The Morgan fingerprint density at radius 1 is 1.14 bits per heavy atom. The van der Waals surface area contributed by atoms with E-state index in [1.54, 1.807) is 18.2 Å². The highest BCUT2D eigenvalue weighted by molar-refractivity contribution is 9.10. The zero-order valence-corrected chi connectivity index (χ0v) is 12.6. The molecule has 112 valence electrons. The van der Waals surface area contributed by atoms with Crippen molar-refractivity contribution in [2.75, 3.05) is 7.11 Å². The summed E-state index contributed by atoms with van der Waals surface area (Å²) < 4.78 is 45.7. The molecule has 2 rings (SSSR count). The number of methoxy groups -OCH3 is 1. The molecular formula is C15H12BrF3O2. The number of aliphatic hydroxyl groups excluding tert-OH is 1. The zero-order valence-electron chi connectivity index (χ0n) is 11.0. The van der Waals surface area contributed by atoms with Gasteiger partial charge in [0.1, 0.15) is 5.75 Å². The Morgan fingerprint density at radius 2 is 1.86 bits per heavy atom. The van der Waals surface area contributed by atoms with E-state index in [9.17, 15) is 18.3 Å². The lowest BCUT2D eigenvalue weighted by Gasteiger charge is -2.15. The number of halogens is 4. The van der Waals surface area contributed by atoms with Crippen LogP contribution >= 0.6 is 15.9 Å². The smallest absolute Gasteiger partial charge is 0.194 e. The van der Waals surface area contributed by atoms with Gasteiger partial charge in [0.15, 0.2) is 17.5 Å². The van der Waals surface area contributed by atoms with E-state index in [0.717, 1.165) is 16.6 Å². The predicted molar refractivity (Wildman–Crippen MR) is 75.7 cm³/mol. The fraction of sp³-hybridized carbons (Fsp3) is 0.200. The first-order chi connectivity index (χ1) is 9.93. The van der Waals surface area contributed by atoms with Gasteiger partial charge in [0.2, 0.25) is 0 Å². The largest absolute Gasteiger partial charge is 0.496 e. The fourth-order valence-corrected chi connectivity index (χ4v) is 2.43. The number of ether oxygens (including phenoxy) is 1. The van der Waals surface area contributed by atoms with Gasteiger partial charge in [-0.25, -0.2) is 13.2 Å². The normalized spacial score (nSPS) is 12.3. The number of aliphatic hydroxyl groups is 1. The van der Waals surface area contributed by atoms with Gasteiger partial charge in [-0.1, -0.05) is 22.0 Å². The van der Waals surface area contributed by atoms with Crippen molar-refractivity contribution in [1.82, 2.24) is 0 Å². The summed E-state index contributed by atoms with van der Waals surface area (Å²) in [7, 11) is 1.47. The average Bonchev–Trinajstić information content (AvgIpc) is 2.45. The molecule has 0 aliphatic carbocycles. The molecule has 0 bridgehead atoms. The van der Waals surface area contributed by atoms with E-state index in [-0.39, 0.29) is 12.0 Å². The Balaban J connectivity index is 2.32. The van der Waals surface area contributed by atoms with Crippen molar-refractivity contribution in [2.24, 2.45) is 0 Å². The third-order valence-corrected chi connectivity index (χ3v) is 3.57. The third kappa shape index (κ3) is 3.39. The lowest BCUT2D eigenvalue weighted by atomic mass is 10.00. The minimum Gasteiger partial charge on any atom is -0.496 e. The molecule has 0 amide bonds. The molecule has 2 aromatic carbocycles. The summed E-state index contributed by atoms with van der Waals surface area (Å²) in [5.41, 5.74) is 0.319. The highest BCUT2D eigenvalue weighted by atomic mass is 79.9. The van der Waals surface area contributed by atoms with Crippen molar-refractivity contribution in [1.29, 1.82) is 0 Å². The van der Waals surface area contributed by atoms with Crippen molar-refractivity contribution in [3.8, 4) is 5.75 Å². The highest BCUT2D eigenvalue weighted by Crippen LogP contribution is 2.29. The summed E-state index contributed by atoms with van der Waals surface area (Å²) in [4.78, 5) is 0. The van der Waals surface area contributed by atoms with Crippen molar-refractivity contribution in [2.45, 2.75) is 12.5 Å². The topological polar surface area (TPSA) is 29.5 Å². The van der Waals surface area contributed by atoms with Gasteiger partial charge in [0.25, 0.3) is 0 Å². The summed E-state index contributed by atoms with van der Waals surface area (Å²) in [6.45, 7) is 0. The summed E-state index contributed by atoms with van der Waals surface area (Å²) in [5, 5.41) is 10.1. The van der Waals surface area contributed by atoms with E-state index in [1.807, 2.05) is 0 Å². The molecule has 2 aromatic rings. The van der Waals surface area contributed by atoms with Crippen LogP contribution in [0.5, 0.6) is 5.75 Å². The number of hydrogen-bond donors (Lipinski definition) is 1. The summed E-state index contributed by atoms with van der Waals surface area (Å²) >= 11 is 3.29. The van der Waals surface area contributed by atoms with Crippen LogP contribution in [0.15, 0.2) is 34.8 Å². The Morgan fingerprint density at radius 3 is 2.52 bits per heavy atom. The second-order valence-corrected chi connectivity index (χ2v) is 5.36. The van der Waals surface area contributed by atoms with Crippen molar-refractivity contribution < 1.29 is 23.0 Å². The van der Waals surface area contributed by atoms with Crippen LogP contribution in [0.4, 0.5) is 13.2 Å². The van der Waals surface area contributed by atoms with Gasteiger partial charge in [-0.2, -0.15) is 0 Å². The second kappa shape index (κ2) is 6.49. The summed E-state index contributed by atoms with van der Waals surface area (Å²) in [6.07, 6.45) is -1.31. The van der Waals surface area contributed by atoms with Crippen LogP contribution in [0.25, 0.3) is 0 Å². The standard InChI is InChI=1S/C15H12BrF3O2/c1-21-13-5-2-9(16)6-8(13)7-12(20)10-3-4-11(17)15(19)14(10)18/h2-6,12,20H,7H2,1H3. The number of hydrogen-bond acceptors (Lipinski definition) is 2. The number of rotatable bonds is 4. The first-order valence-electron chi connectivity index (χ1n) is 6.08. The zero-order chi connectivity index (χ0) is 15.6. The minimum atomic E-state index is -1.59. The van der Waals surface area contributed by atoms with Crippen LogP contribution in [0.2, 0.25) is 0 Å². The monoisotopic (exact) mass is 360 g/mol. The summed E-state index contributed by atoms with van der Waals surface area (Å²) in [6, 6.07) is 6.97. The van der Waals surface area contributed by atoms with E-state index in [4.69, 9.17) is 4.74 Å². The molecule has 6 heteroatoms. The molecule has 0 aliphatic heterocycles. The highest BCUT2D eigenvalue weighted by Gasteiger charge is 2.20. The Hall–Kier alpha value is -1.53. The average molecular weight is 361 g/mol. The molecule has 0 saturated heterocycles. The lowest BCUT2D eigenvalue weighted by molar-refractivity contribution is 0.170. The molecule has 1 atom stereocenters. The van der Waals surface area contributed by atoms with Gasteiger partial charge < -0.3 is 9.84 Å². The molecule has 0 fully saturated rings. The van der Waals surface area contributed by atoms with Gasteiger partial charge in [-0.3, -0.25) is 0 Å². The van der Waals surface area contributed by atoms with Gasteiger partial charge in [0.05, 0.1) is 13.2 Å². The van der Waals surface area contributed by atoms with Crippen LogP contribution in [0.1, 0.15) is 17.2 Å². The molecule has 2 nitrogen and oxygen atoms in total. The van der Waals surface area contributed by atoms with Crippen LogP contribution in [0.3, 0.4) is 0 Å². The molecule has 0 spiro atoms. The van der Waals surface area contributed by atoms with E-state index in [2.05, 4.69) is 15.9 Å². The van der Waals surface area contributed by atoms with Gasteiger partial charge >= 0.3 is 0 Å². The Labute approximate surface area is 128 Å². The quantitative estimate of drug-likeness (QED) is 0.830. The van der Waals surface area contributed by atoms with Crippen LogP contribution in [-0.4, -0.2) is 12.2 Å². The van der Waals surface area contributed by atoms with Crippen LogP contribution < -0.4 is 4.74 Å². The van der Waals surface area contributed by atoms with Crippen molar-refractivity contribution >= 4 is 15.9 Å². The maximum atomic E-state index is 13.7. The molecule has 0 aromatic heterocycles. The Kier molecular flexibility index (Phi) is 4.90. The fourth-order valence-electron chi connectivity index (χ4n) is 2.02. The van der Waals surface area contributed by atoms with Gasteiger partial charge in [-0.15, -0.1) is 0 Å². The SMILES string of the molecule is COc1ccc(Br)cc1CC(O)c1ccc(F)c(F)c1F. The van der Waals surface area contributed by atoms with Crippen molar-refractivity contribution in [3.05, 3.63) is 63.4 Å². The molecule has 1 N–H and O–H groups in total. The number of benzene rings is 2. The van der Waals surface area contributed by atoms with Gasteiger partial charge in [0, 0.05) is 16.5 Å². The Bertz CT molecular complexity index is 662. The molecule has 0 aliphatic rings. The molecular weight excluding hydrogens is 349 g/mol. The maximum absolute atomic E-state index is 13.7. The molecule has 0 radical (unpaired) electrons. The molecule has 0 saturated carbocycles.